The molecule has 0 N–H and O–H groups in total. The summed E-state index contributed by atoms with van der Waals surface area (Å²) in [6.45, 7) is 0.880. The number of carbonyl (C=O) groups is 3. The summed E-state index contributed by atoms with van der Waals surface area (Å²) in [6, 6.07) is 13.1. The predicted octanol–water partition coefficient (Wildman–Crippen LogP) is 3.62. The van der Waals surface area contributed by atoms with Gasteiger partial charge in [-0.2, -0.15) is 0 Å². The fourth-order valence-electron chi connectivity index (χ4n) is 4.91. The number of halogens is 2. The number of rotatable bonds is 5. The first-order chi connectivity index (χ1) is 15.8. The number of likely N-dealkylation sites (N-methyl/N-ethyl adjacent to an activating group) is 1. The SMILES string of the molecule is CN(C(=O)CN1CCN(c2cccc(F)c2)C(=O)C1)C1(c2ccccc2Cl)CCCCC1=O. The Balaban J connectivity index is 1.50. The third kappa shape index (κ3) is 4.52. The van der Waals surface area contributed by atoms with Gasteiger partial charge in [0.2, 0.25) is 11.8 Å². The quantitative estimate of drug-likeness (QED) is 0.668. The van der Waals surface area contributed by atoms with Gasteiger partial charge in [0.05, 0.1) is 13.1 Å². The molecular formula is C25H27ClFN3O3. The fraction of sp³-hybridized carbons (Fsp3) is 0.400. The summed E-state index contributed by atoms with van der Waals surface area (Å²) in [7, 11) is 1.65. The Morgan fingerprint density at radius 2 is 1.91 bits per heavy atom. The largest absolute Gasteiger partial charge is 0.328 e. The second kappa shape index (κ2) is 9.61. The monoisotopic (exact) mass is 471 g/mol. The molecule has 4 rings (SSSR count). The Bertz CT molecular complexity index is 1080. The molecule has 0 aromatic heterocycles. The number of hydrogen-bond acceptors (Lipinski definition) is 4. The second-order valence-corrected chi connectivity index (χ2v) is 9.07. The van der Waals surface area contributed by atoms with Gasteiger partial charge < -0.3 is 9.80 Å². The van der Waals surface area contributed by atoms with E-state index in [2.05, 4.69) is 0 Å². The lowest BCUT2D eigenvalue weighted by Crippen LogP contribution is -2.58. The molecule has 0 bridgehead atoms. The molecule has 1 aliphatic carbocycles. The van der Waals surface area contributed by atoms with Crippen LogP contribution in [0, 0.1) is 5.82 Å². The molecular weight excluding hydrogens is 445 g/mol. The van der Waals surface area contributed by atoms with Crippen molar-refractivity contribution in [2.24, 2.45) is 0 Å². The molecule has 2 fully saturated rings. The zero-order chi connectivity index (χ0) is 23.6. The Hall–Kier alpha value is -2.77. The molecule has 2 aromatic carbocycles. The van der Waals surface area contributed by atoms with E-state index in [9.17, 15) is 18.8 Å². The van der Waals surface area contributed by atoms with Crippen LogP contribution in [0.5, 0.6) is 0 Å². The molecule has 6 nitrogen and oxygen atoms in total. The molecule has 8 heteroatoms. The number of anilines is 1. The minimum absolute atomic E-state index is 0.00954. The van der Waals surface area contributed by atoms with Crippen LogP contribution in [0.1, 0.15) is 31.2 Å². The van der Waals surface area contributed by atoms with Crippen LogP contribution in [0.15, 0.2) is 48.5 Å². The van der Waals surface area contributed by atoms with E-state index in [0.717, 1.165) is 12.8 Å². The van der Waals surface area contributed by atoms with E-state index in [0.29, 0.717) is 42.2 Å². The number of ketones is 1. The van der Waals surface area contributed by atoms with Crippen molar-refractivity contribution in [2.75, 3.05) is 38.1 Å². The number of Topliss-reactive ketones (excluding diaryl/α,β-unsaturated/α-hetero) is 1. The van der Waals surface area contributed by atoms with E-state index in [1.165, 1.54) is 21.9 Å². The third-order valence-electron chi connectivity index (χ3n) is 6.70. The number of carbonyl (C=O) groups excluding carboxylic acids is 3. The van der Waals surface area contributed by atoms with E-state index in [-0.39, 0.29) is 30.7 Å². The number of hydrogen-bond donors (Lipinski definition) is 0. The van der Waals surface area contributed by atoms with Crippen LogP contribution >= 0.6 is 11.6 Å². The lowest BCUT2D eigenvalue weighted by atomic mass is 9.74. The minimum Gasteiger partial charge on any atom is -0.328 e. The molecule has 1 saturated carbocycles. The van der Waals surface area contributed by atoms with Crippen molar-refractivity contribution in [2.45, 2.75) is 31.2 Å². The number of nitrogens with zero attached hydrogens (tertiary/aromatic N) is 3. The zero-order valence-electron chi connectivity index (χ0n) is 18.6. The molecule has 0 radical (unpaired) electrons. The maximum atomic E-state index is 13.6. The summed E-state index contributed by atoms with van der Waals surface area (Å²) in [5.74, 6) is -0.847. The lowest BCUT2D eigenvalue weighted by molar-refractivity contribution is -0.149. The molecule has 1 aliphatic heterocycles. The van der Waals surface area contributed by atoms with Crippen LogP contribution in [-0.4, -0.2) is 60.6 Å². The van der Waals surface area contributed by atoms with Crippen LogP contribution in [0.3, 0.4) is 0 Å². The second-order valence-electron chi connectivity index (χ2n) is 8.66. The summed E-state index contributed by atoms with van der Waals surface area (Å²) < 4.78 is 13.6. The van der Waals surface area contributed by atoms with E-state index in [1.54, 1.807) is 36.2 Å². The molecule has 174 valence electrons. The van der Waals surface area contributed by atoms with E-state index >= 15 is 0 Å². The topological polar surface area (TPSA) is 60.9 Å². The summed E-state index contributed by atoms with van der Waals surface area (Å²) in [5.41, 5.74) is 0.0638. The number of piperazine rings is 1. The molecule has 1 atom stereocenters. The van der Waals surface area contributed by atoms with Crippen molar-refractivity contribution < 1.29 is 18.8 Å². The van der Waals surface area contributed by atoms with Crippen LogP contribution in [-0.2, 0) is 19.9 Å². The van der Waals surface area contributed by atoms with Crippen molar-refractivity contribution in [3.63, 3.8) is 0 Å². The molecule has 1 saturated heterocycles. The average molecular weight is 472 g/mol. The van der Waals surface area contributed by atoms with Crippen molar-refractivity contribution in [3.8, 4) is 0 Å². The Labute approximate surface area is 197 Å². The Morgan fingerprint density at radius 3 is 2.61 bits per heavy atom. The highest BCUT2D eigenvalue weighted by molar-refractivity contribution is 6.31. The van der Waals surface area contributed by atoms with Gasteiger partial charge in [0.1, 0.15) is 11.4 Å². The molecule has 1 heterocycles. The van der Waals surface area contributed by atoms with Gasteiger partial charge in [0.15, 0.2) is 5.78 Å². The standard InChI is InChI=1S/C25H27ClFN3O3/c1-28(25(12-5-4-11-22(25)31)20-9-2-3-10-21(20)26)23(32)16-29-13-14-30(24(33)17-29)19-8-6-7-18(27)15-19/h2-3,6-10,15H,4-5,11-14,16-17H2,1H3. The fourth-order valence-corrected chi connectivity index (χ4v) is 5.21. The van der Waals surface area contributed by atoms with Gasteiger partial charge in [-0.1, -0.05) is 35.9 Å². The van der Waals surface area contributed by atoms with Gasteiger partial charge in [0.25, 0.3) is 0 Å². The highest BCUT2D eigenvalue weighted by atomic mass is 35.5. The van der Waals surface area contributed by atoms with Crippen LogP contribution in [0.2, 0.25) is 5.02 Å². The summed E-state index contributed by atoms with van der Waals surface area (Å²) in [6.07, 6.45) is 2.53. The van der Waals surface area contributed by atoms with Gasteiger partial charge in [-0.25, -0.2) is 4.39 Å². The Kier molecular flexibility index (Phi) is 6.81. The van der Waals surface area contributed by atoms with Gasteiger partial charge in [-0.3, -0.25) is 19.3 Å². The molecule has 2 amide bonds. The smallest absolute Gasteiger partial charge is 0.241 e. The molecule has 2 aromatic rings. The zero-order valence-corrected chi connectivity index (χ0v) is 19.4. The summed E-state index contributed by atoms with van der Waals surface area (Å²) in [4.78, 5) is 44.1. The van der Waals surface area contributed by atoms with Crippen molar-refractivity contribution in [1.29, 1.82) is 0 Å². The van der Waals surface area contributed by atoms with Crippen molar-refractivity contribution in [3.05, 3.63) is 64.9 Å². The summed E-state index contributed by atoms with van der Waals surface area (Å²) >= 11 is 6.48. The van der Waals surface area contributed by atoms with E-state index < -0.39 is 11.4 Å². The molecule has 33 heavy (non-hydrogen) atoms. The highest BCUT2D eigenvalue weighted by Gasteiger charge is 2.48. The predicted molar refractivity (Wildman–Crippen MR) is 125 cm³/mol. The first-order valence-corrected chi connectivity index (χ1v) is 11.5. The highest BCUT2D eigenvalue weighted by Crippen LogP contribution is 2.42. The first kappa shape index (κ1) is 23.4. The van der Waals surface area contributed by atoms with Gasteiger partial charge in [-0.05, 0) is 43.5 Å². The average Bonchev–Trinajstić information content (AvgIpc) is 2.79. The maximum Gasteiger partial charge on any atom is 0.241 e. The maximum absolute atomic E-state index is 13.6. The lowest BCUT2D eigenvalue weighted by Gasteiger charge is -2.44. The van der Waals surface area contributed by atoms with Crippen LogP contribution in [0.4, 0.5) is 10.1 Å². The number of benzene rings is 2. The molecule has 0 spiro atoms. The van der Waals surface area contributed by atoms with Gasteiger partial charge >= 0.3 is 0 Å². The van der Waals surface area contributed by atoms with Gasteiger partial charge in [-0.15, -0.1) is 0 Å². The third-order valence-corrected chi connectivity index (χ3v) is 7.03. The first-order valence-electron chi connectivity index (χ1n) is 11.2. The number of amides is 2. The normalized spacial score (nSPS) is 21.8. The molecule has 2 aliphatic rings. The van der Waals surface area contributed by atoms with Crippen molar-refractivity contribution >= 4 is 34.9 Å². The van der Waals surface area contributed by atoms with Crippen molar-refractivity contribution in [1.82, 2.24) is 9.80 Å². The van der Waals surface area contributed by atoms with Crippen LogP contribution in [0.25, 0.3) is 0 Å². The van der Waals surface area contributed by atoms with Crippen LogP contribution < -0.4 is 4.90 Å². The van der Waals surface area contributed by atoms with E-state index in [1.807, 2.05) is 12.1 Å². The summed E-state index contributed by atoms with van der Waals surface area (Å²) in [5, 5.41) is 0.464. The van der Waals surface area contributed by atoms with Gasteiger partial charge in [0, 0.05) is 42.8 Å². The minimum atomic E-state index is -1.10. The van der Waals surface area contributed by atoms with E-state index in [4.69, 9.17) is 11.6 Å². The molecule has 1 unspecified atom stereocenters. The Morgan fingerprint density at radius 1 is 1.12 bits per heavy atom.